The molecular weight excluding hydrogens is 604 g/mol. The van der Waals surface area contributed by atoms with E-state index < -0.39 is 0 Å². The number of hydrogen-bond acceptors (Lipinski definition) is 8. The van der Waals surface area contributed by atoms with Crippen LogP contribution in [0.2, 0.25) is 0 Å². The Bertz CT molecular complexity index is 1210. The van der Waals surface area contributed by atoms with E-state index >= 15 is 0 Å². The monoisotopic (exact) mass is 640 g/mol. The van der Waals surface area contributed by atoms with Crippen LogP contribution in [0, 0.1) is 27.7 Å². The van der Waals surface area contributed by atoms with Crippen molar-refractivity contribution in [1.82, 2.24) is 19.9 Å². The van der Waals surface area contributed by atoms with E-state index in [4.69, 9.17) is 11.5 Å². The molecule has 4 rings (SSSR count). The summed E-state index contributed by atoms with van der Waals surface area (Å²) in [6, 6.07) is 0. The van der Waals surface area contributed by atoms with Gasteiger partial charge in [-0.15, -0.1) is 0 Å². The zero-order valence-corrected chi connectivity index (χ0v) is 26.9. The van der Waals surface area contributed by atoms with Crippen molar-refractivity contribution < 1.29 is 38.5 Å². The topological polar surface area (TPSA) is 111 Å². The van der Waals surface area contributed by atoms with Gasteiger partial charge in [0.1, 0.15) is 23.3 Å². The number of aromatic nitrogens is 6. The third-order valence-electron chi connectivity index (χ3n) is 5.99. The Balaban J connectivity index is 0.000000361. The summed E-state index contributed by atoms with van der Waals surface area (Å²) in [6.45, 7) is 13.9. The minimum absolute atomic E-state index is 0. The molecule has 0 spiro atoms. The fourth-order valence-corrected chi connectivity index (χ4v) is 5.98. The maximum atomic E-state index is 5.92. The molecule has 4 N–H and O–H groups in total. The zero-order chi connectivity index (χ0) is 26.2. The molecule has 0 fully saturated rings. The van der Waals surface area contributed by atoms with Gasteiger partial charge in [-0.3, -0.25) is 0 Å². The molecule has 0 saturated heterocycles. The van der Waals surface area contributed by atoms with Crippen LogP contribution in [-0.2, 0) is 25.9 Å². The summed E-state index contributed by atoms with van der Waals surface area (Å²) in [5.41, 5.74) is 20.8. The molecular formula is C26H38BrClN8S2. The Labute approximate surface area is 250 Å². The first-order valence-electron chi connectivity index (χ1n) is 12.3. The van der Waals surface area contributed by atoms with Crippen LogP contribution in [0.5, 0.6) is 0 Å². The summed E-state index contributed by atoms with van der Waals surface area (Å²) < 4.78 is 4.44. The van der Waals surface area contributed by atoms with Crippen LogP contribution in [0.15, 0.2) is 23.4 Å². The Morgan fingerprint density at radius 3 is 1.39 bits per heavy atom. The average Bonchev–Trinajstić information content (AvgIpc) is 3.35. The molecule has 0 radical (unpaired) electrons. The lowest BCUT2D eigenvalue weighted by atomic mass is 10.2. The van der Waals surface area contributed by atoms with Crippen LogP contribution >= 0.6 is 22.7 Å². The average molecular weight is 642 g/mol. The number of nitrogens with zero attached hydrogens (tertiary/aromatic N) is 6. The largest absolute Gasteiger partial charge is 1.00 e. The van der Waals surface area contributed by atoms with Crippen molar-refractivity contribution in [3.05, 3.63) is 67.3 Å². The van der Waals surface area contributed by atoms with Gasteiger partial charge in [0.2, 0.25) is 11.0 Å². The molecule has 0 aliphatic rings. The fraction of sp³-hybridized carbons (Fsp3) is 0.462. The van der Waals surface area contributed by atoms with Crippen molar-refractivity contribution in [3.8, 4) is 0 Å². The number of rotatable bonds is 8. The Morgan fingerprint density at radius 2 is 1.08 bits per heavy atom. The highest BCUT2D eigenvalue weighted by Crippen LogP contribution is 2.16. The first kappa shape index (κ1) is 33.8. The summed E-state index contributed by atoms with van der Waals surface area (Å²) in [4.78, 5) is 19.7. The SMILES string of the molecule is CCCc1sc[n+](Cc2cnc(C)nc2N)c1C.CCCc1sc[n+](Cc2cnc(C)nc2N)c1C.[Br-].[Cl-]. The number of nitrogens with two attached hydrogens (primary N) is 2. The van der Waals surface area contributed by atoms with E-state index in [1.807, 2.05) is 48.9 Å². The van der Waals surface area contributed by atoms with Gasteiger partial charge in [0.05, 0.1) is 20.9 Å². The van der Waals surface area contributed by atoms with E-state index in [0.717, 1.165) is 48.7 Å². The summed E-state index contributed by atoms with van der Waals surface area (Å²) in [7, 11) is 0. The molecule has 8 nitrogen and oxygen atoms in total. The first-order chi connectivity index (χ1) is 17.2. The number of hydrogen-bond donors (Lipinski definition) is 2. The lowest BCUT2D eigenvalue weighted by Crippen LogP contribution is -3.00. The molecule has 0 aliphatic carbocycles. The summed E-state index contributed by atoms with van der Waals surface area (Å²) in [5.74, 6) is 2.60. The lowest BCUT2D eigenvalue weighted by Gasteiger charge is -2.01. The molecule has 0 bridgehead atoms. The van der Waals surface area contributed by atoms with Gasteiger partial charge in [-0.1, -0.05) is 49.4 Å². The van der Waals surface area contributed by atoms with Gasteiger partial charge in [-0.2, -0.15) is 9.13 Å². The highest BCUT2D eigenvalue weighted by molar-refractivity contribution is 7.09. The van der Waals surface area contributed by atoms with Gasteiger partial charge < -0.3 is 40.9 Å². The Morgan fingerprint density at radius 1 is 0.711 bits per heavy atom. The lowest BCUT2D eigenvalue weighted by molar-refractivity contribution is -0.689. The standard InChI is InChI=1S/2C13H19N4S.BrH.ClH/c2*1-4-5-12-9(2)17(8-18-12)7-11-6-15-10(3)16-13(11)14;;/h2*6,8H,4-5,7H2,1-3H3,(H2,14,15,16);2*1H/q2*+1;;/p-2. The van der Waals surface area contributed by atoms with Gasteiger partial charge in [0.25, 0.3) is 0 Å². The van der Waals surface area contributed by atoms with E-state index in [0.29, 0.717) is 11.6 Å². The maximum absolute atomic E-state index is 5.92. The van der Waals surface area contributed by atoms with E-state index in [2.05, 4.69) is 67.8 Å². The molecule has 0 saturated carbocycles. The van der Waals surface area contributed by atoms with Crippen LogP contribution in [0.25, 0.3) is 0 Å². The highest BCUT2D eigenvalue weighted by Gasteiger charge is 2.18. The van der Waals surface area contributed by atoms with Crippen molar-refractivity contribution >= 4 is 34.3 Å². The second-order valence-corrected chi connectivity index (χ2v) is 10.8. The second-order valence-electron chi connectivity index (χ2n) is 8.87. The van der Waals surface area contributed by atoms with Crippen molar-refractivity contribution in [2.24, 2.45) is 0 Å². The molecule has 4 aromatic heterocycles. The predicted octanol–water partition coefficient (Wildman–Crippen LogP) is -1.94. The minimum Gasteiger partial charge on any atom is -1.00 e. The number of anilines is 2. The van der Waals surface area contributed by atoms with Crippen LogP contribution in [0.4, 0.5) is 11.6 Å². The summed E-state index contributed by atoms with van der Waals surface area (Å²) in [6.07, 6.45) is 8.28. The molecule has 4 aromatic rings. The normalized spacial score (nSPS) is 10.3. The van der Waals surface area contributed by atoms with Gasteiger partial charge in [0, 0.05) is 26.2 Å². The number of nitrogen functional groups attached to an aromatic ring is 2. The summed E-state index contributed by atoms with van der Waals surface area (Å²) >= 11 is 3.62. The van der Waals surface area contributed by atoms with Crippen LogP contribution in [0.1, 0.15) is 70.6 Å². The Hall–Kier alpha value is -2.21. The second kappa shape index (κ2) is 16.0. The quantitative estimate of drug-likeness (QED) is 0.217. The maximum Gasteiger partial charge on any atom is 0.225 e. The fourth-order valence-electron chi connectivity index (χ4n) is 3.78. The number of thiazole rings is 2. The van der Waals surface area contributed by atoms with Gasteiger partial charge >= 0.3 is 0 Å². The molecule has 0 aliphatic heterocycles. The van der Waals surface area contributed by atoms with Crippen LogP contribution in [-0.4, -0.2) is 19.9 Å². The molecule has 4 heterocycles. The number of halogens is 2. The third kappa shape index (κ3) is 8.93. The molecule has 0 aromatic carbocycles. The van der Waals surface area contributed by atoms with E-state index in [1.165, 1.54) is 34.0 Å². The number of aryl methyl sites for hydroxylation is 4. The molecule has 0 amide bonds. The van der Waals surface area contributed by atoms with Crippen molar-refractivity contribution in [2.75, 3.05) is 11.5 Å². The summed E-state index contributed by atoms with van der Waals surface area (Å²) in [5, 5.41) is 0. The molecule has 38 heavy (non-hydrogen) atoms. The van der Waals surface area contributed by atoms with Gasteiger partial charge in [0.15, 0.2) is 24.5 Å². The van der Waals surface area contributed by atoms with Crippen molar-refractivity contribution in [2.45, 2.75) is 80.3 Å². The van der Waals surface area contributed by atoms with Crippen LogP contribution < -0.4 is 50.0 Å². The Kier molecular flexibility index (Phi) is 14.3. The van der Waals surface area contributed by atoms with E-state index in [1.54, 1.807) is 0 Å². The van der Waals surface area contributed by atoms with Crippen molar-refractivity contribution in [1.29, 1.82) is 0 Å². The molecule has 208 valence electrons. The van der Waals surface area contributed by atoms with Gasteiger partial charge in [-0.25, -0.2) is 19.9 Å². The predicted molar refractivity (Wildman–Crippen MR) is 147 cm³/mol. The minimum atomic E-state index is 0. The molecule has 0 unspecified atom stereocenters. The van der Waals surface area contributed by atoms with Crippen molar-refractivity contribution in [3.63, 3.8) is 0 Å². The molecule has 0 atom stereocenters. The molecule has 12 heteroatoms. The zero-order valence-electron chi connectivity index (χ0n) is 23.0. The smallest absolute Gasteiger partial charge is 0.225 e. The van der Waals surface area contributed by atoms with Crippen LogP contribution in [0.3, 0.4) is 0 Å². The van der Waals surface area contributed by atoms with E-state index in [-0.39, 0.29) is 29.4 Å². The third-order valence-corrected chi connectivity index (χ3v) is 8.27. The first-order valence-corrected chi connectivity index (χ1v) is 14.1. The van der Waals surface area contributed by atoms with E-state index in [9.17, 15) is 0 Å². The van der Waals surface area contributed by atoms with Gasteiger partial charge in [-0.05, 0) is 26.7 Å². The highest BCUT2D eigenvalue weighted by atomic mass is 79.9.